The van der Waals surface area contributed by atoms with Gasteiger partial charge in [0, 0.05) is 0 Å². The van der Waals surface area contributed by atoms with E-state index in [9.17, 15) is 4.79 Å². The standard InChI is InChI=1S/C7H8N2O3/c8-7(10)5-3-12-9-6(5)4-1-11-2-4/h3-4H,1-2H2,(H2,8,10). The lowest BCUT2D eigenvalue weighted by atomic mass is 10.0. The van der Waals surface area contributed by atoms with E-state index in [1.807, 2.05) is 0 Å². The van der Waals surface area contributed by atoms with Gasteiger partial charge in [0.25, 0.3) is 5.91 Å². The molecule has 0 saturated carbocycles. The highest BCUT2D eigenvalue weighted by molar-refractivity contribution is 5.93. The molecule has 2 rings (SSSR count). The number of hydrogen-bond donors (Lipinski definition) is 1. The van der Waals surface area contributed by atoms with E-state index in [2.05, 4.69) is 9.68 Å². The molecule has 0 aromatic carbocycles. The summed E-state index contributed by atoms with van der Waals surface area (Å²) in [7, 11) is 0. The van der Waals surface area contributed by atoms with E-state index in [1.165, 1.54) is 6.26 Å². The highest BCUT2D eigenvalue weighted by Gasteiger charge is 2.28. The summed E-state index contributed by atoms with van der Waals surface area (Å²) in [5, 5.41) is 3.70. The molecule has 5 nitrogen and oxygen atoms in total. The Hall–Kier alpha value is -1.36. The van der Waals surface area contributed by atoms with E-state index < -0.39 is 5.91 Å². The van der Waals surface area contributed by atoms with E-state index in [1.54, 1.807) is 0 Å². The van der Waals surface area contributed by atoms with Crippen LogP contribution in [-0.4, -0.2) is 24.3 Å². The maximum Gasteiger partial charge on any atom is 0.253 e. The van der Waals surface area contributed by atoms with Crippen LogP contribution in [0.3, 0.4) is 0 Å². The van der Waals surface area contributed by atoms with E-state index in [-0.39, 0.29) is 5.92 Å². The predicted octanol–water partition coefficient (Wildman–Crippen LogP) is -0.113. The van der Waals surface area contributed by atoms with E-state index in [0.29, 0.717) is 24.5 Å². The monoisotopic (exact) mass is 168 g/mol. The Bertz CT molecular complexity index is 303. The van der Waals surface area contributed by atoms with Gasteiger partial charge in [0.1, 0.15) is 17.5 Å². The number of nitrogens with zero attached hydrogens (tertiary/aromatic N) is 1. The average Bonchev–Trinajstić information content (AvgIpc) is 2.31. The van der Waals surface area contributed by atoms with Gasteiger partial charge in [-0.15, -0.1) is 0 Å². The zero-order chi connectivity index (χ0) is 8.55. The molecular weight excluding hydrogens is 160 g/mol. The molecule has 0 bridgehead atoms. The molecule has 1 fully saturated rings. The van der Waals surface area contributed by atoms with Crippen molar-refractivity contribution in [3.63, 3.8) is 0 Å². The van der Waals surface area contributed by atoms with Gasteiger partial charge in [-0.1, -0.05) is 5.16 Å². The van der Waals surface area contributed by atoms with E-state index >= 15 is 0 Å². The smallest absolute Gasteiger partial charge is 0.253 e. The molecule has 64 valence electrons. The van der Waals surface area contributed by atoms with Crippen molar-refractivity contribution >= 4 is 5.91 Å². The first-order chi connectivity index (χ1) is 5.79. The minimum Gasteiger partial charge on any atom is -0.380 e. The molecule has 0 unspecified atom stereocenters. The van der Waals surface area contributed by atoms with Crippen LogP contribution in [-0.2, 0) is 4.74 Å². The number of aromatic nitrogens is 1. The van der Waals surface area contributed by atoms with Crippen LogP contribution in [0.1, 0.15) is 22.0 Å². The van der Waals surface area contributed by atoms with Gasteiger partial charge in [-0.25, -0.2) is 0 Å². The number of rotatable bonds is 2. The maximum absolute atomic E-state index is 10.8. The van der Waals surface area contributed by atoms with E-state index in [4.69, 9.17) is 10.5 Å². The molecular formula is C7H8N2O3. The summed E-state index contributed by atoms with van der Waals surface area (Å²) < 4.78 is 9.62. The Morgan fingerprint density at radius 1 is 1.67 bits per heavy atom. The highest BCUT2D eigenvalue weighted by Crippen LogP contribution is 2.25. The molecule has 12 heavy (non-hydrogen) atoms. The number of nitrogens with two attached hydrogens (primary N) is 1. The molecule has 5 heteroatoms. The van der Waals surface area contributed by atoms with Crippen molar-refractivity contribution in [1.29, 1.82) is 0 Å². The minimum absolute atomic E-state index is 0.172. The summed E-state index contributed by atoms with van der Waals surface area (Å²) >= 11 is 0. The number of carbonyl (C=O) groups excluding carboxylic acids is 1. The first-order valence-electron chi connectivity index (χ1n) is 3.61. The second-order valence-corrected chi connectivity index (χ2v) is 2.71. The molecule has 0 spiro atoms. The van der Waals surface area contributed by atoms with Crippen LogP contribution in [0.4, 0.5) is 0 Å². The Kier molecular flexibility index (Phi) is 1.58. The summed E-state index contributed by atoms with van der Waals surface area (Å²) in [6.45, 7) is 1.18. The van der Waals surface area contributed by atoms with Crippen molar-refractivity contribution in [2.75, 3.05) is 13.2 Å². The van der Waals surface area contributed by atoms with Crippen LogP contribution >= 0.6 is 0 Å². The zero-order valence-electron chi connectivity index (χ0n) is 6.32. The summed E-state index contributed by atoms with van der Waals surface area (Å²) in [6, 6.07) is 0. The second-order valence-electron chi connectivity index (χ2n) is 2.71. The first-order valence-corrected chi connectivity index (χ1v) is 3.61. The van der Waals surface area contributed by atoms with Gasteiger partial charge in [-0.05, 0) is 0 Å². The lowest BCUT2D eigenvalue weighted by Crippen LogP contribution is -2.27. The van der Waals surface area contributed by atoms with E-state index in [0.717, 1.165) is 0 Å². The Labute approximate surface area is 68.5 Å². The van der Waals surface area contributed by atoms with Gasteiger partial charge >= 0.3 is 0 Å². The van der Waals surface area contributed by atoms with Crippen molar-refractivity contribution in [2.45, 2.75) is 5.92 Å². The molecule has 1 aliphatic rings. The number of primary amides is 1. The second kappa shape index (κ2) is 2.60. The van der Waals surface area contributed by atoms with Crippen LogP contribution in [0.5, 0.6) is 0 Å². The summed E-state index contributed by atoms with van der Waals surface area (Å²) in [6.07, 6.45) is 1.27. The molecule has 1 aromatic heterocycles. The number of hydrogen-bond acceptors (Lipinski definition) is 4. The largest absolute Gasteiger partial charge is 0.380 e. The SMILES string of the molecule is NC(=O)c1conc1C1COC1. The third-order valence-corrected chi connectivity index (χ3v) is 1.89. The van der Waals surface area contributed by atoms with Crippen molar-refractivity contribution in [3.05, 3.63) is 17.5 Å². The lowest BCUT2D eigenvalue weighted by Gasteiger charge is -2.23. The highest BCUT2D eigenvalue weighted by atomic mass is 16.5. The molecule has 1 saturated heterocycles. The molecule has 0 aliphatic carbocycles. The first kappa shape index (κ1) is 7.30. The average molecular weight is 168 g/mol. The van der Waals surface area contributed by atoms with Gasteiger partial charge < -0.3 is 15.0 Å². The van der Waals surface area contributed by atoms with Crippen LogP contribution in [0.25, 0.3) is 0 Å². The summed E-state index contributed by atoms with van der Waals surface area (Å²) in [5.74, 6) is -0.329. The molecule has 1 aliphatic heterocycles. The molecule has 2 heterocycles. The number of ether oxygens (including phenoxy) is 1. The third kappa shape index (κ3) is 0.984. The van der Waals surface area contributed by atoms with Crippen LogP contribution in [0.15, 0.2) is 10.8 Å². The van der Waals surface area contributed by atoms with Gasteiger partial charge in [0.2, 0.25) is 0 Å². The molecule has 1 amide bonds. The van der Waals surface area contributed by atoms with Crippen molar-refractivity contribution in [3.8, 4) is 0 Å². The Balaban J connectivity index is 2.29. The normalized spacial score (nSPS) is 17.3. The van der Waals surface area contributed by atoms with Gasteiger partial charge in [-0.3, -0.25) is 4.79 Å². The maximum atomic E-state index is 10.8. The fraction of sp³-hybridized carbons (Fsp3) is 0.429. The molecule has 1 aromatic rings. The van der Waals surface area contributed by atoms with Crippen molar-refractivity contribution in [2.24, 2.45) is 5.73 Å². The molecule has 0 atom stereocenters. The third-order valence-electron chi connectivity index (χ3n) is 1.89. The van der Waals surface area contributed by atoms with Gasteiger partial charge in [0.15, 0.2) is 0 Å². The fourth-order valence-electron chi connectivity index (χ4n) is 1.12. The zero-order valence-corrected chi connectivity index (χ0v) is 6.32. The number of carbonyl (C=O) groups is 1. The summed E-state index contributed by atoms with van der Waals surface area (Å²) in [5.41, 5.74) is 6.08. The van der Waals surface area contributed by atoms with Crippen LogP contribution < -0.4 is 5.73 Å². The predicted molar refractivity (Wildman–Crippen MR) is 38.6 cm³/mol. The number of amides is 1. The van der Waals surface area contributed by atoms with Crippen LogP contribution in [0, 0.1) is 0 Å². The van der Waals surface area contributed by atoms with Gasteiger partial charge in [0.05, 0.1) is 19.1 Å². The lowest BCUT2D eigenvalue weighted by molar-refractivity contribution is 0.00533. The molecule has 0 radical (unpaired) electrons. The topological polar surface area (TPSA) is 78.4 Å². The Morgan fingerprint density at radius 2 is 2.42 bits per heavy atom. The van der Waals surface area contributed by atoms with Crippen LogP contribution in [0.2, 0.25) is 0 Å². The quantitative estimate of drug-likeness (QED) is 0.668. The summed E-state index contributed by atoms with van der Waals surface area (Å²) in [4.78, 5) is 10.8. The van der Waals surface area contributed by atoms with Crippen molar-refractivity contribution < 1.29 is 14.1 Å². The van der Waals surface area contributed by atoms with Gasteiger partial charge in [-0.2, -0.15) is 0 Å². The minimum atomic E-state index is -0.502. The Morgan fingerprint density at radius 3 is 2.92 bits per heavy atom. The fourth-order valence-corrected chi connectivity index (χ4v) is 1.12. The molecule has 2 N–H and O–H groups in total. The van der Waals surface area contributed by atoms with Crippen molar-refractivity contribution in [1.82, 2.24) is 5.16 Å².